The van der Waals surface area contributed by atoms with Gasteiger partial charge in [0, 0.05) is 12.1 Å². The van der Waals surface area contributed by atoms with E-state index >= 15 is 0 Å². The second-order valence-electron chi connectivity index (χ2n) is 4.85. The molecule has 1 amide bonds. The fraction of sp³-hybridized carbons (Fsp3) is 0.167. The van der Waals surface area contributed by atoms with Crippen LogP contribution in [0.4, 0.5) is 0 Å². The molecule has 0 saturated heterocycles. The van der Waals surface area contributed by atoms with E-state index in [1.807, 2.05) is 6.07 Å². The fourth-order valence-electron chi connectivity index (χ4n) is 1.92. The zero-order valence-electron chi connectivity index (χ0n) is 13.1. The number of carbonyl (C=O) groups is 2. The summed E-state index contributed by atoms with van der Waals surface area (Å²) in [6, 6.07) is 15.4. The van der Waals surface area contributed by atoms with E-state index in [0.29, 0.717) is 22.6 Å². The van der Waals surface area contributed by atoms with Gasteiger partial charge >= 0.3 is 5.97 Å². The molecule has 0 spiro atoms. The summed E-state index contributed by atoms with van der Waals surface area (Å²) in [7, 11) is 1.30. The second kappa shape index (κ2) is 8.34. The molecule has 2 aromatic carbocycles. The van der Waals surface area contributed by atoms with Crippen LogP contribution in [0.1, 0.15) is 22.3 Å². The van der Waals surface area contributed by atoms with Crippen molar-refractivity contribution in [2.45, 2.75) is 6.42 Å². The molecule has 0 radical (unpaired) electrons. The number of rotatable bonds is 6. The highest BCUT2D eigenvalue weighted by atomic mass is 16.5. The van der Waals surface area contributed by atoms with Crippen molar-refractivity contribution in [2.75, 3.05) is 13.7 Å². The number of nitriles is 1. The van der Waals surface area contributed by atoms with Crippen LogP contribution in [0, 0.1) is 11.3 Å². The zero-order valence-corrected chi connectivity index (χ0v) is 13.1. The lowest BCUT2D eigenvalue weighted by Crippen LogP contribution is -2.26. The van der Waals surface area contributed by atoms with E-state index in [9.17, 15) is 9.59 Å². The van der Waals surface area contributed by atoms with Crippen LogP contribution in [0.15, 0.2) is 48.5 Å². The van der Waals surface area contributed by atoms with Gasteiger partial charge in [0.05, 0.1) is 25.2 Å². The average molecular weight is 324 g/mol. The lowest BCUT2D eigenvalue weighted by molar-refractivity contribution is -0.140. The average Bonchev–Trinajstić information content (AvgIpc) is 2.62. The summed E-state index contributed by atoms with van der Waals surface area (Å²) in [6.45, 7) is 0.201. The predicted molar refractivity (Wildman–Crippen MR) is 86.6 cm³/mol. The van der Waals surface area contributed by atoms with Gasteiger partial charge in [-0.2, -0.15) is 5.26 Å². The van der Waals surface area contributed by atoms with Crippen molar-refractivity contribution < 1.29 is 19.1 Å². The largest absolute Gasteiger partial charge is 0.469 e. The second-order valence-corrected chi connectivity index (χ2v) is 4.85. The number of nitrogens with zero attached hydrogens (tertiary/aromatic N) is 1. The molecular formula is C18H16N2O4. The third-order valence-corrected chi connectivity index (χ3v) is 3.16. The molecule has 0 bridgehead atoms. The molecule has 2 rings (SSSR count). The summed E-state index contributed by atoms with van der Waals surface area (Å²) < 4.78 is 10.2. The van der Waals surface area contributed by atoms with E-state index in [1.54, 1.807) is 48.5 Å². The predicted octanol–water partition coefficient (Wildman–Crippen LogP) is 2.64. The first-order valence-corrected chi connectivity index (χ1v) is 7.25. The van der Waals surface area contributed by atoms with Gasteiger partial charge in [-0.25, -0.2) is 0 Å². The molecule has 6 nitrogen and oxygen atoms in total. The maximum atomic E-state index is 12.0. The molecule has 122 valence electrons. The summed E-state index contributed by atoms with van der Waals surface area (Å²) in [5, 5.41) is 11.4. The number of amides is 1. The van der Waals surface area contributed by atoms with Gasteiger partial charge in [0.25, 0.3) is 5.91 Å². The van der Waals surface area contributed by atoms with Crippen molar-refractivity contribution in [1.29, 1.82) is 5.26 Å². The van der Waals surface area contributed by atoms with Crippen LogP contribution in [0.2, 0.25) is 0 Å². The number of methoxy groups -OCH3 is 1. The number of hydrogen-bond acceptors (Lipinski definition) is 5. The first-order chi connectivity index (χ1) is 11.6. The number of carbonyl (C=O) groups excluding carboxylic acids is 2. The Morgan fingerprint density at radius 2 is 1.88 bits per heavy atom. The molecule has 0 saturated carbocycles. The van der Waals surface area contributed by atoms with E-state index in [2.05, 4.69) is 10.1 Å². The topological polar surface area (TPSA) is 88.4 Å². The van der Waals surface area contributed by atoms with Gasteiger partial charge < -0.3 is 14.8 Å². The van der Waals surface area contributed by atoms with Gasteiger partial charge in [-0.1, -0.05) is 6.07 Å². The molecule has 0 atom stereocenters. The van der Waals surface area contributed by atoms with Gasteiger partial charge in [-0.05, 0) is 42.5 Å². The van der Waals surface area contributed by atoms with Crippen molar-refractivity contribution in [2.24, 2.45) is 0 Å². The molecule has 0 aromatic heterocycles. The summed E-state index contributed by atoms with van der Waals surface area (Å²) in [5.74, 6) is 0.384. The van der Waals surface area contributed by atoms with Crippen molar-refractivity contribution in [3.05, 3.63) is 59.7 Å². The van der Waals surface area contributed by atoms with Crippen LogP contribution in [-0.2, 0) is 9.53 Å². The number of ether oxygens (including phenoxy) is 2. The smallest absolute Gasteiger partial charge is 0.307 e. The van der Waals surface area contributed by atoms with Gasteiger partial charge in [0.2, 0.25) is 0 Å². The van der Waals surface area contributed by atoms with E-state index < -0.39 is 0 Å². The zero-order chi connectivity index (χ0) is 17.4. The Bertz CT molecular complexity index is 763. The molecular weight excluding hydrogens is 308 g/mol. The monoisotopic (exact) mass is 324 g/mol. The SMILES string of the molecule is COC(=O)CCNC(=O)c1cccc(Oc2ccc(C#N)cc2)c1. The van der Waals surface area contributed by atoms with E-state index in [0.717, 1.165) is 0 Å². The Labute approximate surface area is 139 Å². The highest BCUT2D eigenvalue weighted by molar-refractivity contribution is 5.94. The Balaban J connectivity index is 1.98. The van der Waals surface area contributed by atoms with Crippen molar-refractivity contribution in [1.82, 2.24) is 5.32 Å². The van der Waals surface area contributed by atoms with Crippen LogP contribution in [0.5, 0.6) is 11.5 Å². The minimum atomic E-state index is -0.381. The first-order valence-electron chi connectivity index (χ1n) is 7.25. The normalized spacial score (nSPS) is 9.67. The van der Waals surface area contributed by atoms with Crippen LogP contribution in [0.25, 0.3) is 0 Å². The summed E-state index contributed by atoms with van der Waals surface area (Å²) in [5.41, 5.74) is 0.965. The summed E-state index contributed by atoms with van der Waals surface area (Å²) in [6.07, 6.45) is 0.115. The van der Waals surface area contributed by atoms with Gasteiger partial charge in [0.15, 0.2) is 0 Å². The molecule has 0 fully saturated rings. The quantitative estimate of drug-likeness (QED) is 0.825. The molecule has 0 aliphatic rings. The highest BCUT2D eigenvalue weighted by Gasteiger charge is 2.08. The highest BCUT2D eigenvalue weighted by Crippen LogP contribution is 2.22. The Hall–Kier alpha value is -3.33. The fourth-order valence-corrected chi connectivity index (χ4v) is 1.92. The minimum absolute atomic E-state index is 0.115. The maximum absolute atomic E-state index is 12.0. The van der Waals surface area contributed by atoms with Crippen molar-refractivity contribution >= 4 is 11.9 Å². The molecule has 0 aliphatic heterocycles. The Kier molecular flexibility index (Phi) is 5.92. The van der Waals surface area contributed by atoms with Crippen LogP contribution in [-0.4, -0.2) is 25.5 Å². The molecule has 0 unspecified atom stereocenters. The lowest BCUT2D eigenvalue weighted by Gasteiger charge is -2.08. The third-order valence-electron chi connectivity index (χ3n) is 3.16. The molecule has 0 heterocycles. The molecule has 24 heavy (non-hydrogen) atoms. The van der Waals surface area contributed by atoms with Crippen molar-refractivity contribution in [3.63, 3.8) is 0 Å². The maximum Gasteiger partial charge on any atom is 0.307 e. The van der Waals surface area contributed by atoms with E-state index in [4.69, 9.17) is 10.00 Å². The summed E-state index contributed by atoms with van der Waals surface area (Å²) >= 11 is 0. The third kappa shape index (κ3) is 4.85. The van der Waals surface area contributed by atoms with E-state index in [1.165, 1.54) is 7.11 Å². The van der Waals surface area contributed by atoms with Gasteiger partial charge in [-0.3, -0.25) is 9.59 Å². The van der Waals surface area contributed by atoms with Gasteiger partial charge in [0.1, 0.15) is 11.5 Å². The van der Waals surface area contributed by atoms with Crippen molar-refractivity contribution in [3.8, 4) is 17.6 Å². The summed E-state index contributed by atoms with van der Waals surface area (Å²) in [4.78, 5) is 23.1. The number of esters is 1. The number of hydrogen-bond donors (Lipinski definition) is 1. The number of benzene rings is 2. The molecule has 6 heteroatoms. The number of nitrogens with one attached hydrogen (secondary N) is 1. The Morgan fingerprint density at radius 1 is 1.12 bits per heavy atom. The van der Waals surface area contributed by atoms with Gasteiger partial charge in [-0.15, -0.1) is 0 Å². The molecule has 0 aliphatic carbocycles. The standard InChI is InChI=1S/C18H16N2O4/c1-23-17(21)9-10-20-18(22)14-3-2-4-16(11-14)24-15-7-5-13(12-19)6-8-15/h2-8,11H,9-10H2,1H3,(H,20,22). The molecule has 1 N–H and O–H groups in total. The minimum Gasteiger partial charge on any atom is -0.469 e. The lowest BCUT2D eigenvalue weighted by atomic mass is 10.2. The van der Waals surface area contributed by atoms with E-state index in [-0.39, 0.29) is 24.8 Å². The first kappa shape index (κ1) is 17.0. The van der Waals surface area contributed by atoms with Crippen LogP contribution < -0.4 is 10.1 Å². The van der Waals surface area contributed by atoms with Crippen LogP contribution in [0.3, 0.4) is 0 Å². The van der Waals surface area contributed by atoms with Crippen LogP contribution >= 0.6 is 0 Å². The molecule has 2 aromatic rings. The Morgan fingerprint density at radius 3 is 2.54 bits per heavy atom.